The maximum atomic E-state index is 12.4. The van der Waals surface area contributed by atoms with E-state index in [4.69, 9.17) is 0 Å². The highest BCUT2D eigenvalue weighted by Crippen LogP contribution is 2.16. The number of aromatic nitrogens is 1. The predicted molar refractivity (Wildman–Crippen MR) is 95.1 cm³/mol. The molecule has 2 N–H and O–H groups in total. The monoisotopic (exact) mass is 312 g/mol. The Morgan fingerprint density at radius 1 is 1.09 bits per heavy atom. The van der Waals surface area contributed by atoms with E-state index in [9.17, 15) is 4.79 Å². The summed E-state index contributed by atoms with van der Waals surface area (Å²) in [6.45, 7) is 5.80. The number of nitrogens with one attached hydrogen (secondary N) is 2. The van der Waals surface area contributed by atoms with Crippen molar-refractivity contribution < 1.29 is 4.79 Å². The summed E-state index contributed by atoms with van der Waals surface area (Å²) in [6, 6.07) is 7.70. The Morgan fingerprint density at radius 3 is 2.57 bits per heavy atom. The average molecular weight is 312 g/mol. The van der Waals surface area contributed by atoms with Gasteiger partial charge in [0.25, 0.3) is 5.91 Å². The van der Waals surface area contributed by atoms with Crippen LogP contribution in [0, 0.1) is 13.8 Å². The van der Waals surface area contributed by atoms with Gasteiger partial charge in [0.05, 0.1) is 11.3 Å². The van der Waals surface area contributed by atoms with Crippen molar-refractivity contribution in [3.8, 4) is 0 Å². The van der Waals surface area contributed by atoms with E-state index in [0.29, 0.717) is 5.56 Å². The molecular weight excluding hydrogens is 288 g/mol. The van der Waals surface area contributed by atoms with Crippen LogP contribution in [0.5, 0.6) is 0 Å². The van der Waals surface area contributed by atoms with Crippen LogP contribution in [0.25, 0.3) is 0 Å². The van der Waals surface area contributed by atoms with Crippen molar-refractivity contribution in [2.45, 2.75) is 13.8 Å². The fourth-order valence-corrected chi connectivity index (χ4v) is 2.11. The lowest BCUT2D eigenvalue weighted by Crippen LogP contribution is -2.21. The second-order valence-electron chi connectivity index (χ2n) is 5.95. The van der Waals surface area contributed by atoms with Crippen molar-refractivity contribution in [2.75, 3.05) is 37.8 Å². The van der Waals surface area contributed by atoms with Crippen LogP contribution in [-0.4, -0.2) is 43.0 Å². The first-order valence-corrected chi connectivity index (χ1v) is 7.68. The maximum Gasteiger partial charge on any atom is 0.257 e. The molecule has 122 valence electrons. The lowest BCUT2D eigenvalue weighted by molar-refractivity contribution is 0.102. The summed E-state index contributed by atoms with van der Waals surface area (Å²) >= 11 is 0. The molecule has 0 aliphatic rings. The normalized spacial score (nSPS) is 10.7. The second kappa shape index (κ2) is 7.74. The van der Waals surface area contributed by atoms with Gasteiger partial charge >= 0.3 is 0 Å². The minimum Gasteiger partial charge on any atom is -0.382 e. The number of amides is 1. The smallest absolute Gasteiger partial charge is 0.257 e. The number of benzene rings is 1. The number of nitrogens with zero attached hydrogens (tertiary/aromatic N) is 2. The zero-order chi connectivity index (χ0) is 16.8. The summed E-state index contributed by atoms with van der Waals surface area (Å²) in [5, 5.41) is 6.18. The van der Waals surface area contributed by atoms with Gasteiger partial charge in [0.15, 0.2) is 0 Å². The van der Waals surface area contributed by atoms with Crippen LogP contribution in [0.3, 0.4) is 0 Å². The molecule has 0 fully saturated rings. The average Bonchev–Trinajstić information content (AvgIpc) is 2.51. The molecule has 2 aromatic rings. The van der Waals surface area contributed by atoms with E-state index in [1.165, 1.54) is 5.56 Å². The number of rotatable bonds is 6. The van der Waals surface area contributed by atoms with Crippen LogP contribution in [0.4, 0.5) is 11.4 Å². The third-order valence-electron chi connectivity index (χ3n) is 3.65. The molecule has 0 radical (unpaired) electrons. The third-order valence-corrected chi connectivity index (χ3v) is 3.65. The van der Waals surface area contributed by atoms with Gasteiger partial charge < -0.3 is 15.5 Å². The van der Waals surface area contributed by atoms with Crippen molar-refractivity contribution in [3.05, 3.63) is 53.3 Å². The standard InChI is InChI=1S/C18H24N4O/c1-13-5-6-16(9-14(13)2)21-18(23)15-10-17(12-19-11-15)20-7-8-22(3)4/h5-6,9-12,20H,7-8H2,1-4H3,(H,21,23). The predicted octanol–water partition coefficient (Wildman–Crippen LogP) is 2.92. The molecule has 0 spiro atoms. The number of carbonyl (C=O) groups excluding carboxylic acids is 1. The number of pyridine rings is 1. The molecule has 2 rings (SSSR count). The molecule has 0 aliphatic carbocycles. The van der Waals surface area contributed by atoms with Crippen LogP contribution in [0.2, 0.25) is 0 Å². The van der Waals surface area contributed by atoms with Gasteiger partial charge in [-0.05, 0) is 57.3 Å². The molecule has 1 amide bonds. The van der Waals surface area contributed by atoms with Crippen LogP contribution in [0.15, 0.2) is 36.7 Å². The molecule has 0 bridgehead atoms. The Morgan fingerprint density at radius 2 is 1.87 bits per heavy atom. The first-order valence-electron chi connectivity index (χ1n) is 7.68. The Hall–Kier alpha value is -2.40. The van der Waals surface area contributed by atoms with E-state index in [2.05, 4.69) is 20.5 Å². The molecule has 1 aromatic heterocycles. The zero-order valence-corrected chi connectivity index (χ0v) is 14.2. The molecule has 5 nitrogen and oxygen atoms in total. The number of aryl methyl sites for hydroxylation is 2. The van der Waals surface area contributed by atoms with Gasteiger partial charge in [-0.15, -0.1) is 0 Å². The summed E-state index contributed by atoms with van der Waals surface area (Å²) < 4.78 is 0. The van der Waals surface area contributed by atoms with E-state index in [0.717, 1.165) is 30.0 Å². The third kappa shape index (κ3) is 5.07. The van der Waals surface area contributed by atoms with Crippen molar-refractivity contribution in [3.63, 3.8) is 0 Å². The van der Waals surface area contributed by atoms with Gasteiger partial charge in [0.1, 0.15) is 0 Å². The molecule has 1 heterocycles. The highest BCUT2D eigenvalue weighted by molar-refractivity contribution is 6.04. The fourth-order valence-electron chi connectivity index (χ4n) is 2.11. The van der Waals surface area contributed by atoms with E-state index >= 15 is 0 Å². The summed E-state index contributed by atoms with van der Waals surface area (Å²) in [4.78, 5) is 18.6. The van der Waals surface area contributed by atoms with Gasteiger partial charge in [-0.2, -0.15) is 0 Å². The van der Waals surface area contributed by atoms with Crippen molar-refractivity contribution in [1.29, 1.82) is 0 Å². The summed E-state index contributed by atoms with van der Waals surface area (Å²) in [6.07, 6.45) is 3.30. The largest absolute Gasteiger partial charge is 0.382 e. The van der Waals surface area contributed by atoms with Crippen LogP contribution in [-0.2, 0) is 0 Å². The number of hydrogen-bond acceptors (Lipinski definition) is 4. The minimum absolute atomic E-state index is 0.156. The summed E-state index contributed by atoms with van der Waals surface area (Å²) in [5.41, 5.74) is 4.54. The van der Waals surface area contributed by atoms with Crippen molar-refractivity contribution >= 4 is 17.3 Å². The van der Waals surface area contributed by atoms with E-state index in [1.54, 1.807) is 12.4 Å². The van der Waals surface area contributed by atoms with Crippen molar-refractivity contribution in [1.82, 2.24) is 9.88 Å². The van der Waals surface area contributed by atoms with Crippen molar-refractivity contribution in [2.24, 2.45) is 0 Å². The van der Waals surface area contributed by atoms with Gasteiger partial charge in [0, 0.05) is 31.2 Å². The van der Waals surface area contributed by atoms with E-state index < -0.39 is 0 Å². The van der Waals surface area contributed by atoms with Gasteiger partial charge in [-0.1, -0.05) is 6.07 Å². The molecule has 0 unspecified atom stereocenters. The Labute approximate surface area is 137 Å². The quantitative estimate of drug-likeness (QED) is 0.861. The lowest BCUT2D eigenvalue weighted by atomic mass is 10.1. The van der Waals surface area contributed by atoms with Gasteiger partial charge in [-0.25, -0.2) is 0 Å². The topological polar surface area (TPSA) is 57.3 Å². The molecular formula is C18H24N4O. The molecule has 1 aromatic carbocycles. The molecule has 23 heavy (non-hydrogen) atoms. The zero-order valence-electron chi connectivity index (χ0n) is 14.2. The molecule has 5 heteroatoms. The highest BCUT2D eigenvalue weighted by Gasteiger charge is 2.08. The van der Waals surface area contributed by atoms with E-state index in [-0.39, 0.29) is 5.91 Å². The van der Waals surface area contributed by atoms with Gasteiger partial charge in [-0.3, -0.25) is 9.78 Å². The number of carbonyl (C=O) groups is 1. The molecule has 0 aliphatic heterocycles. The lowest BCUT2D eigenvalue weighted by Gasteiger charge is -2.12. The van der Waals surface area contributed by atoms with Crippen LogP contribution in [0.1, 0.15) is 21.5 Å². The number of likely N-dealkylation sites (N-methyl/N-ethyl adjacent to an activating group) is 1. The second-order valence-corrected chi connectivity index (χ2v) is 5.95. The first kappa shape index (κ1) is 17.0. The van der Waals surface area contributed by atoms with Gasteiger partial charge in [0.2, 0.25) is 0 Å². The summed E-state index contributed by atoms with van der Waals surface area (Å²) in [7, 11) is 4.04. The Balaban J connectivity index is 2.02. The first-order chi connectivity index (χ1) is 11.0. The highest BCUT2D eigenvalue weighted by atomic mass is 16.1. The Kier molecular flexibility index (Phi) is 5.71. The fraction of sp³-hybridized carbons (Fsp3) is 0.333. The number of hydrogen-bond donors (Lipinski definition) is 2. The van der Waals surface area contributed by atoms with Crippen LogP contribution < -0.4 is 10.6 Å². The minimum atomic E-state index is -0.156. The molecule has 0 saturated carbocycles. The van der Waals surface area contributed by atoms with E-state index in [1.807, 2.05) is 52.2 Å². The summed E-state index contributed by atoms with van der Waals surface area (Å²) in [5.74, 6) is -0.156. The van der Waals surface area contributed by atoms with Crippen LogP contribution >= 0.6 is 0 Å². The Bertz CT molecular complexity index is 682. The number of anilines is 2. The maximum absolute atomic E-state index is 12.4. The molecule has 0 atom stereocenters. The SMILES string of the molecule is Cc1ccc(NC(=O)c2cncc(NCCN(C)C)c2)cc1C. The molecule has 0 saturated heterocycles.